The molecule has 0 aliphatic rings. The van der Waals surface area contributed by atoms with Gasteiger partial charge in [-0.3, -0.25) is 0 Å². The zero-order chi connectivity index (χ0) is 18.4. The zero-order valence-corrected chi connectivity index (χ0v) is 15.7. The molecule has 3 heteroatoms. The van der Waals surface area contributed by atoms with Crippen molar-refractivity contribution in [3.05, 3.63) is 95.6 Å². The number of phenols is 1. The molecule has 3 aromatic carbocycles. The highest BCUT2D eigenvalue weighted by atomic mass is 32.2. The van der Waals surface area contributed by atoms with E-state index in [2.05, 4.69) is 13.0 Å². The quantitative estimate of drug-likeness (QED) is 0.327. The van der Waals surface area contributed by atoms with Gasteiger partial charge in [-0.05, 0) is 41.5 Å². The number of hydrogen-bond donors (Lipinski definition) is 2. The van der Waals surface area contributed by atoms with E-state index < -0.39 is 5.60 Å². The largest absolute Gasteiger partial charge is 0.508 e. The molecule has 0 saturated heterocycles. The Kier molecular flexibility index (Phi) is 6.02. The number of benzene rings is 3. The Balaban J connectivity index is 2.15. The molecule has 2 nitrogen and oxygen atoms in total. The fraction of sp³-hybridized carbons (Fsp3) is 0.217. The van der Waals surface area contributed by atoms with Gasteiger partial charge in [0.15, 0.2) is 0 Å². The SMILES string of the molecule is CCCCSc1ccccc1C(O)(c1ccccc1)c1ccc(O)cc1. The molecule has 0 spiro atoms. The van der Waals surface area contributed by atoms with Crippen LogP contribution in [0, 0.1) is 0 Å². The highest BCUT2D eigenvalue weighted by Gasteiger charge is 2.35. The highest BCUT2D eigenvalue weighted by molar-refractivity contribution is 7.99. The summed E-state index contributed by atoms with van der Waals surface area (Å²) < 4.78 is 0. The van der Waals surface area contributed by atoms with Crippen LogP contribution in [0.1, 0.15) is 36.5 Å². The van der Waals surface area contributed by atoms with E-state index >= 15 is 0 Å². The predicted molar refractivity (Wildman–Crippen MR) is 109 cm³/mol. The molecule has 0 saturated carbocycles. The first kappa shape index (κ1) is 18.6. The van der Waals surface area contributed by atoms with Crippen LogP contribution in [0.3, 0.4) is 0 Å². The van der Waals surface area contributed by atoms with Gasteiger partial charge in [-0.25, -0.2) is 0 Å². The van der Waals surface area contributed by atoms with Gasteiger partial charge in [0.2, 0.25) is 0 Å². The van der Waals surface area contributed by atoms with E-state index in [0.717, 1.165) is 40.2 Å². The van der Waals surface area contributed by atoms with E-state index in [1.54, 1.807) is 36.0 Å². The molecule has 0 aromatic heterocycles. The minimum Gasteiger partial charge on any atom is -0.508 e. The summed E-state index contributed by atoms with van der Waals surface area (Å²) in [6.45, 7) is 2.18. The van der Waals surface area contributed by atoms with Crippen molar-refractivity contribution >= 4 is 11.8 Å². The highest BCUT2D eigenvalue weighted by Crippen LogP contribution is 2.41. The van der Waals surface area contributed by atoms with Crippen LogP contribution in [0.2, 0.25) is 0 Å². The number of thioether (sulfide) groups is 1. The van der Waals surface area contributed by atoms with E-state index in [-0.39, 0.29) is 5.75 Å². The molecule has 0 aliphatic carbocycles. The second kappa shape index (κ2) is 8.43. The van der Waals surface area contributed by atoms with Crippen LogP contribution < -0.4 is 0 Å². The van der Waals surface area contributed by atoms with Crippen LogP contribution in [0.4, 0.5) is 0 Å². The second-order valence-corrected chi connectivity index (χ2v) is 7.46. The maximum absolute atomic E-state index is 12.0. The van der Waals surface area contributed by atoms with Gasteiger partial charge in [-0.1, -0.05) is 74.0 Å². The Hall–Kier alpha value is -2.23. The van der Waals surface area contributed by atoms with E-state index in [1.807, 2.05) is 48.5 Å². The molecule has 134 valence electrons. The maximum atomic E-state index is 12.0. The Morgan fingerprint density at radius 1 is 0.808 bits per heavy atom. The molecule has 0 bridgehead atoms. The van der Waals surface area contributed by atoms with E-state index in [0.29, 0.717) is 0 Å². The van der Waals surface area contributed by atoms with Crippen molar-refractivity contribution in [3.8, 4) is 5.75 Å². The third-order valence-corrected chi connectivity index (χ3v) is 5.67. The Labute approximate surface area is 159 Å². The first-order valence-corrected chi connectivity index (χ1v) is 9.94. The molecule has 26 heavy (non-hydrogen) atoms. The number of rotatable bonds is 7. The Morgan fingerprint density at radius 3 is 2.12 bits per heavy atom. The number of aromatic hydroxyl groups is 1. The van der Waals surface area contributed by atoms with Gasteiger partial charge in [-0.2, -0.15) is 0 Å². The van der Waals surface area contributed by atoms with Crippen LogP contribution in [0.25, 0.3) is 0 Å². The van der Waals surface area contributed by atoms with Crippen molar-refractivity contribution in [1.29, 1.82) is 0 Å². The van der Waals surface area contributed by atoms with E-state index in [9.17, 15) is 10.2 Å². The lowest BCUT2D eigenvalue weighted by molar-refractivity contribution is 0.123. The van der Waals surface area contributed by atoms with Crippen molar-refractivity contribution in [2.75, 3.05) is 5.75 Å². The average Bonchev–Trinajstić information content (AvgIpc) is 2.69. The van der Waals surface area contributed by atoms with Crippen molar-refractivity contribution < 1.29 is 10.2 Å². The smallest absolute Gasteiger partial charge is 0.141 e. The summed E-state index contributed by atoms with van der Waals surface area (Å²) in [5.41, 5.74) is 1.15. The van der Waals surface area contributed by atoms with Crippen LogP contribution in [-0.2, 0) is 5.60 Å². The number of unbranched alkanes of at least 4 members (excludes halogenated alkanes) is 1. The molecule has 3 rings (SSSR count). The first-order valence-electron chi connectivity index (χ1n) is 8.96. The van der Waals surface area contributed by atoms with Gasteiger partial charge in [0.05, 0.1) is 0 Å². The minimum absolute atomic E-state index is 0.190. The average molecular weight is 365 g/mol. The maximum Gasteiger partial charge on any atom is 0.141 e. The summed E-state index contributed by atoms with van der Waals surface area (Å²) in [6.07, 6.45) is 2.29. The van der Waals surface area contributed by atoms with Crippen LogP contribution in [-0.4, -0.2) is 16.0 Å². The summed E-state index contributed by atoms with van der Waals surface area (Å²) in [6, 6.07) is 24.6. The van der Waals surface area contributed by atoms with Crippen molar-refractivity contribution in [2.24, 2.45) is 0 Å². The van der Waals surface area contributed by atoms with Crippen molar-refractivity contribution in [1.82, 2.24) is 0 Å². The van der Waals surface area contributed by atoms with Crippen molar-refractivity contribution in [2.45, 2.75) is 30.3 Å². The Morgan fingerprint density at radius 2 is 1.42 bits per heavy atom. The second-order valence-electron chi connectivity index (χ2n) is 6.32. The molecule has 0 fully saturated rings. The molecule has 0 amide bonds. The summed E-state index contributed by atoms with van der Waals surface area (Å²) in [4.78, 5) is 1.08. The van der Waals surface area contributed by atoms with Crippen LogP contribution in [0.5, 0.6) is 5.75 Å². The summed E-state index contributed by atoms with van der Waals surface area (Å²) in [7, 11) is 0. The topological polar surface area (TPSA) is 40.5 Å². The monoisotopic (exact) mass is 364 g/mol. The lowest BCUT2D eigenvalue weighted by Crippen LogP contribution is -2.29. The standard InChI is InChI=1S/C23H24O2S/c1-2-3-17-26-22-12-8-7-11-21(22)23(25,18-9-5-4-6-10-18)19-13-15-20(24)16-14-19/h4-16,24-25H,2-3,17H2,1H3. The van der Waals surface area contributed by atoms with Gasteiger partial charge >= 0.3 is 0 Å². The molecule has 0 radical (unpaired) electrons. The number of phenolic OH excluding ortho intramolecular Hbond substituents is 1. The molecule has 0 heterocycles. The predicted octanol–water partition coefficient (Wildman–Crippen LogP) is 5.57. The zero-order valence-electron chi connectivity index (χ0n) is 14.9. The molecule has 3 aromatic rings. The fourth-order valence-corrected chi connectivity index (χ4v) is 4.28. The first-order chi connectivity index (χ1) is 12.7. The van der Waals surface area contributed by atoms with Gasteiger partial charge in [0.25, 0.3) is 0 Å². The lowest BCUT2D eigenvalue weighted by Gasteiger charge is -2.32. The van der Waals surface area contributed by atoms with Crippen LogP contribution >= 0.6 is 11.8 Å². The number of aliphatic hydroxyl groups is 1. The Bertz CT molecular complexity index is 830. The minimum atomic E-state index is -1.27. The van der Waals surface area contributed by atoms with Crippen LogP contribution in [0.15, 0.2) is 83.8 Å². The molecular formula is C23H24O2S. The van der Waals surface area contributed by atoms with Gasteiger partial charge in [-0.15, -0.1) is 11.8 Å². The van der Waals surface area contributed by atoms with Gasteiger partial charge < -0.3 is 10.2 Å². The van der Waals surface area contributed by atoms with E-state index in [4.69, 9.17) is 0 Å². The molecule has 2 N–H and O–H groups in total. The van der Waals surface area contributed by atoms with E-state index in [1.165, 1.54) is 0 Å². The summed E-state index contributed by atoms with van der Waals surface area (Å²) in [5.74, 6) is 1.21. The fourth-order valence-electron chi connectivity index (χ4n) is 3.08. The van der Waals surface area contributed by atoms with Gasteiger partial charge in [0.1, 0.15) is 11.4 Å². The van der Waals surface area contributed by atoms with Crippen molar-refractivity contribution in [3.63, 3.8) is 0 Å². The molecule has 0 aliphatic heterocycles. The van der Waals surface area contributed by atoms with Gasteiger partial charge in [0, 0.05) is 10.5 Å². The third-order valence-electron chi connectivity index (χ3n) is 4.51. The normalized spacial score (nSPS) is 13.3. The lowest BCUT2D eigenvalue weighted by atomic mass is 9.80. The summed E-state index contributed by atoms with van der Waals surface area (Å²) in [5, 5.41) is 21.6. The molecule has 1 atom stereocenters. The molecule has 1 unspecified atom stereocenters. The third kappa shape index (κ3) is 3.79. The summed E-state index contributed by atoms with van der Waals surface area (Å²) >= 11 is 1.78. The number of hydrogen-bond acceptors (Lipinski definition) is 3. The molecular weight excluding hydrogens is 340 g/mol.